The van der Waals surface area contributed by atoms with Crippen LogP contribution >= 0.6 is 0 Å². The first-order chi connectivity index (χ1) is 37.5. The zero-order valence-electron chi connectivity index (χ0n) is 49.5. The van der Waals surface area contributed by atoms with Gasteiger partial charge >= 0.3 is 17.9 Å². The van der Waals surface area contributed by atoms with Crippen molar-refractivity contribution in [2.75, 3.05) is 13.2 Å². The fourth-order valence-electron chi connectivity index (χ4n) is 8.50. The lowest BCUT2D eigenvalue weighted by molar-refractivity contribution is -0.167. The Morgan fingerprint density at radius 1 is 0.276 bits per heavy atom. The van der Waals surface area contributed by atoms with Crippen LogP contribution in [0.5, 0.6) is 0 Å². The number of hydrogen-bond donors (Lipinski definition) is 0. The van der Waals surface area contributed by atoms with Crippen molar-refractivity contribution in [1.29, 1.82) is 0 Å². The summed E-state index contributed by atoms with van der Waals surface area (Å²) in [6.07, 6.45) is 88.0. The van der Waals surface area contributed by atoms with Gasteiger partial charge in [0.2, 0.25) is 0 Å². The molecule has 0 fully saturated rings. The fraction of sp³-hybridized carbons (Fsp3) is 0.671. The molecule has 0 aromatic rings. The van der Waals surface area contributed by atoms with E-state index >= 15 is 0 Å². The van der Waals surface area contributed by atoms with E-state index in [0.29, 0.717) is 19.3 Å². The first-order valence-electron chi connectivity index (χ1n) is 31.5. The van der Waals surface area contributed by atoms with Gasteiger partial charge in [0.25, 0.3) is 0 Å². The van der Waals surface area contributed by atoms with Crippen LogP contribution in [0.25, 0.3) is 0 Å². The lowest BCUT2D eigenvalue weighted by Gasteiger charge is -2.18. The third-order valence-corrected chi connectivity index (χ3v) is 13.2. The minimum Gasteiger partial charge on any atom is -0.462 e. The van der Waals surface area contributed by atoms with Gasteiger partial charge in [0.05, 0.1) is 0 Å². The Morgan fingerprint density at radius 2 is 0.526 bits per heavy atom. The number of unbranched alkanes of at least 4 members (excludes halogenated alkanes) is 25. The molecule has 0 aromatic heterocycles. The molecule has 6 nitrogen and oxygen atoms in total. The summed E-state index contributed by atoms with van der Waals surface area (Å²) in [4.78, 5) is 38.1. The van der Waals surface area contributed by atoms with Gasteiger partial charge in [-0.1, -0.05) is 277 Å². The first-order valence-corrected chi connectivity index (χ1v) is 31.5. The molecule has 0 radical (unpaired) electrons. The molecule has 0 aliphatic rings. The zero-order chi connectivity index (χ0) is 55.0. The molecule has 0 saturated carbocycles. The molecule has 0 rings (SSSR count). The van der Waals surface area contributed by atoms with Crippen LogP contribution < -0.4 is 0 Å². The lowest BCUT2D eigenvalue weighted by atomic mass is 10.1. The van der Waals surface area contributed by atoms with Gasteiger partial charge in [-0.2, -0.15) is 0 Å². The van der Waals surface area contributed by atoms with E-state index in [1.54, 1.807) is 0 Å². The molecule has 432 valence electrons. The van der Waals surface area contributed by atoms with Crippen molar-refractivity contribution >= 4 is 17.9 Å². The molecular weight excluding hydrogens is 937 g/mol. The molecule has 0 amide bonds. The molecule has 6 heteroatoms. The molecular formula is C70H116O6. The third-order valence-electron chi connectivity index (χ3n) is 13.2. The summed E-state index contributed by atoms with van der Waals surface area (Å²) in [7, 11) is 0. The summed E-state index contributed by atoms with van der Waals surface area (Å²) in [6, 6.07) is 0. The first kappa shape index (κ1) is 71.8. The highest BCUT2D eigenvalue weighted by Crippen LogP contribution is 2.15. The Hall–Kier alpha value is -4.19. The highest BCUT2D eigenvalue weighted by Gasteiger charge is 2.19. The Kier molecular flexibility index (Phi) is 59.9. The second kappa shape index (κ2) is 63.3. The van der Waals surface area contributed by atoms with Crippen LogP contribution in [0.1, 0.15) is 284 Å². The van der Waals surface area contributed by atoms with Crippen LogP contribution in [-0.4, -0.2) is 37.2 Å². The predicted octanol–water partition coefficient (Wildman–Crippen LogP) is 21.6. The van der Waals surface area contributed by atoms with Crippen LogP contribution in [0.15, 0.2) is 122 Å². The quantitative estimate of drug-likeness (QED) is 0.0261. The molecule has 0 aromatic carbocycles. The molecule has 0 spiro atoms. The van der Waals surface area contributed by atoms with Crippen molar-refractivity contribution in [3.05, 3.63) is 122 Å². The number of carbonyl (C=O) groups excluding carboxylic acids is 3. The number of ether oxygens (including phenoxy) is 3. The van der Waals surface area contributed by atoms with Crippen molar-refractivity contribution in [2.24, 2.45) is 0 Å². The third kappa shape index (κ3) is 60.7. The number of esters is 3. The largest absolute Gasteiger partial charge is 0.462 e. The van der Waals surface area contributed by atoms with Crippen LogP contribution in [0.4, 0.5) is 0 Å². The van der Waals surface area contributed by atoms with Gasteiger partial charge in [-0.15, -0.1) is 0 Å². The maximum absolute atomic E-state index is 12.9. The minimum atomic E-state index is -0.803. The number of rotatable bonds is 56. The topological polar surface area (TPSA) is 78.9 Å². The molecule has 1 atom stereocenters. The summed E-state index contributed by atoms with van der Waals surface area (Å²) in [5.41, 5.74) is 0. The molecule has 76 heavy (non-hydrogen) atoms. The molecule has 0 bridgehead atoms. The molecule has 1 unspecified atom stereocenters. The summed E-state index contributed by atoms with van der Waals surface area (Å²) in [5.74, 6) is -0.964. The summed E-state index contributed by atoms with van der Waals surface area (Å²) >= 11 is 0. The maximum atomic E-state index is 12.9. The van der Waals surface area contributed by atoms with E-state index in [-0.39, 0.29) is 37.5 Å². The molecule has 0 saturated heterocycles. The standard InChI is InChI=1S/C70H116O6/c1-4-7-10-13-16-19-21-23-25-27-29-31-32-33-34-35-36-37-38-40-41-43-45-47-49-51-54-57-60-63-69(72)75-66-67(65-74-68(71)62-59-56-53-18-15-12-9-6-3)76-70(73)64-61-58-55-52-50-48-46-44-42-39-30-28-26-24-22-20-17-14-11-8-5-2/h7,10,16,19,23,25,28-31,33-34,36-37,40-41,45,47,51,54,67H,4-6,8-9,11-15,17-18,20-22,24,26-27,32,35,38-39,42-44,46,48-50,52-53,55-66H2,1-3H3/b10-7-,19-16-,25-23-,30-28-,31-29-,34-33-,37-36-,41-40-,47-45-,54-51-. The molecule has 0 aliphatic carbocycles. The SMILES string of the molecule is CC/C=C\C/C=C\C/C=C\C/C=C\C/C=C\C/C=C\C/C=C\C/C=C\C/C=C\CCCC(=O)OCC(COC(=O)CCCCCCCCCC)OC(=O)CCCCCCCCCCC/C=C\CCCCCCCCCC. The van der Waals surface area contributed by atoms with Crippen molar-refractivity contribution in [2.45, 2.75) is 290 Å². The highest BCUT2D eigenvalue weighted by molar-refractivity contribution is 5.71. The van der Waals surface area contributed by atoms with Gasteiger partial charge in [-0.05, 0) is 109 Å². The van der Waals surface area contributed by atoms with Crippen molar-refractivity contribution in [1.82, 2.24) is 0 Å². The summed E-state index contributed by atoms with van der Waals surface area (Å²) in [5, 5.41) is 0. The van der Waals surface area contributed by atoms with Crippen LogP contribution in [0.2, 0.25) is 0 Å². The normalized spacial score (nSPS) is 12.9. The second-order valence-corrected chi connectivity index (χ2v) is 20.6. The lowest BCUT2D eigenvalue weighted by Crippen LogP contribution is -2.30. The van der Waals surface area contributed by atoms with Crippen molar-refractivity contribution < 1.29 is 28.6 Å². The van der Waals surface area contributed by atoms with Crippen molar-refractivity contribution in [3.8, 4) is 0 Å². The van der Waals surface area contributed by atoms with E-state index in [1.807, 2.05) is 0 Å². The van der Waals surface area contributed by atoms with Crippen molar-refractivity contribution in [3.63, 3.8) is 0 Å². The van der Waals surface area contributed by atoms with E-state index in [2.05, 4.69) is 142 Å². The molecule has 0 N–H and O–H groups in total. The van der Waals surface area contributed by atoms with Gasteiger partial charge in [-0.25, -0.2) is 0 Å². The summed E-state index contributed by atoms with van der Waals surface area (Å²) in [6.45, 7) is 6.46. The average Bonchev–Trinajstić information content (AvgIpc) is 3.42. The Bertz CT molecular complexity index is 1590. The number of hydrogen-bond acceptors (Lipinski definition) is 6. The van der Waals surface area contributed by atoms with E-state index in [0.717, 1.165) is 103 Å². The van der Waals surface area contributed by atoms with Crippen LogP contribution in [0, 0.1) is 0 Å². The number of carbonyl (C=O) groups is 3. The molecule has 0 aliphatic heterocycles. The minimum absolute atomic E-state index is 0.0972. The maximum Gasteiger partial charge on any atom is 0.306 e. The van der Waals surface area contributed by atoms with E-state index in [1.165, 1.54) is 135 Å². The van der Waals surface area contributed by atoms with Gasteiger partial charge in [0.15, 0.2) is 6.10 Å². The smallest absolute Gasteiger partial charge is 0.306 e. The van der Waals surface area contributed by atoms with Crippen LogP contribution in [-0.2, 0) is 28.6 Å². The van der Waals surface area contributed by atoms with Gasteiger partial charge < -0.3 is 14.2 Å². The fourth-order valence-corrected chi connectivity index (χ4v) is 8.50. The highest BCUT2D eigenvalue weighted by atomic mass is 16.6. The average molecular weight is 1050 g/mol. The Labute approximate surface area is 469 Å². The van der Waals surface area contributed by atoms with E-state index in [9.17, 15) is 14.4 Å². The van der Waals surface area contributed by atoms with Gasteiger partial charge in [0.1, 0.15) is 13.2 Å². The number of allylic oxidation sites excluding steroid dienone is 20. The second-order valence-electron chi connectivity index (χ2n) is 20.6. The van der Waals surface area contributed by atoms with Crippen LogP contribution in [0.3, 0.4) is 0 Å². The van der Waals surface area contributed by atoms with E-state index < -0.39 is 6.10 Å². The van der Waals surface area contributed by atoms with Gasteiger partial charge in [-0.3, -0.25) is 14.4 Å². The predicted molar refractivity (Wildman–Crippen MR) is 330 cm³/mol. The summed E-state index contributed by atoms with van der Waals surface area (Å²) < 4.78 is 16.8. The Balaban J connectivity index is 4.32. The monoisotopic (exact) mass is 1050 g/mol. The zero-order valence-corrected chi connectivity index (χ0v) is 49.5. The van der Waals surface area contributed by atoms with Gasteiger partial charge in [0, 0.05) is 19.3 Å². The molecule has 0 heterocycles. The van der Waals surface area contributed by atoms with E-state index in [4.69, 9.17) is 14.2 Å². The Morgan fingerprint density at radius 3 is 0.868 bits per heavy atom.